The van der Waals surface area contributed by atoms with E-state index in [0.717, 1.165) is 18.0 Å². The molecule has 1 rings (SSSR count). The molecule has 0 saturated heterocycles. The lowest BCUT2D eigenvalue weighted by atomic mass is 10.1. The fraction of sp³-hybridized carbons (Fsp3) is 0.818. The number of aliphatic hydroxyl groups is 1. The summed E-state index contributed by atoms with van der Waals surface area (Å²) < 4.78 is 38.9. The first-order chi connectivity index (χ1) is 8.27. The van der Waals surface area contributed by atoms with Gasteiger partial charge in [0.25, 0.3) is 0 Å². The van der Waals surface area contributed by atoms with Crippen molar-refractivity contribution in [3.8, 4) is 0 Å². The minimum absolute atomic E-state index is 0.228. The molecule has 18 heavy (non-hydrogen) atoms. The van der Waals surface area contributed by atoms with Gasteiger partial charge in [0, 0.05) is 0 Å². The first kappa shape index (κ1) is 14.9. The van der Waals surface area contributed by atoms with E-state index in [1.54, 1.807) is 0 Å². The number of rotatable bonds is 5. The fourth-order valence-electron chi connectivity index (χ4n) is 1.60. The molecule has 0 amide bonds. The van der Waals surface area contributed by atoms with Crippen LogP contribution in [0.4, 0.5) is 13.2 Å². The summed E-state index contributed by atoms with van der Waals surface area (Å²) >= 11 is 0. The first-order valence-electron chi connectivity index (χ1n) is 5.87. The monoisotopic (exact) mass is 265 g/mol. The smallest absolute Gasteiger partial charge is 0.390 e. The standard InChI is InChI=1S/C11H18F3N3O/c1-7(2)4-5-10-9(6-18)15-16-17(10)8(3)11(12,13)14/h7-8,18H,4-6H2,1-3H3. The Kier molecular flexibility index (Phi) is 4.72. The molecule has 1 heterocycles. The number of alkyl halides is 3. The summed E-state index contributed by atoms with van der Waals surface area (Å²) in [5.41, 5.74) is 0.600. The average molecular weight is 265 g/mol. The third kappa shape index (κ3) is 3.44. The molecule has 0 aromatic carbocycles. The second-order valence-electron chi connectivity index (χ2n) is 4.74. The topological polar surface area (TPSA) is 50.9 Å². The Morgan fingerprint density at radius 2 is 1.89 bits per heavy atom. The van der Waals surface area contributed by atoms with Crippen molar-refractivity contribution >= 4 is 0 Å². The molecule has 7 heteroatoms. The largest absolute Gasteiger partial charge is 0.410 e. The van der Waals surface area contributed by atoms with Crippen molar-refractivity contribution in [3.63, 3.8) is 0 Å². The van der Waals surface area contributed by atoms with Gasteiger partial charge < -0.3 is 5.11 Å². The molecule has 0 bridgehead atoms. The Bertz CT molecular complexity index is 387. The zero-order chi connectivity index (χ0) is 13.9. The summed E-state index contributed by atoms with van der Waals surface area (Å²) in [6.45, 7) is 4.62. The molecule has 1 atom stereocenters. The highest BCUT2D eigenvalue weighted by atomic mass is 19.4. The van der Waals surface area contributed by atoms with Gasteiger partial charge in [-0.05, 0) is 25.7 Å². The number of hydrogen-bond donors (Lipinski definition) is 1. The molecular formula is C11H18F3N3O. The lowest BCUT2D eigenvalue weighted by Gasteiger charge is -2.18. The Labute approximate surface area is 104 Å². The van der Waals surface area contributed by atoms with Crippen LogP contribution in [0, 0.1) is 5.92 Å². The summed E-state index contributed by atoms with van der Waals surface area (Å²) in [6.07, 6.45) is -3.21. The maximum Gasteiger partial charge on any atom is 0.410 e. The van der Waals surface area contributed by atoms with Crippen LogP contribution in [0.1, 0.15) is 44.6 Å². The van der Waals surface area contributed by atoms with Gasteiger partial charge in [0.15, 0.2) is 0 Å². The highest BCUT2D eigenvalue weighted by Crippen LogP contribution is 2.31. The third-order valence-corrected chi connectivity index (χ3v) is 2.82. The summed E-state index contributed by atoms with van der Waals surface area (Å²) in [6, 6.07) is -1.73. The van der Waals surface area contributed by atoms with Crippen molar-refractivity contribution < 1.29 is 18.3 Å². The Morgan fingerprint density at radius 3 is 2.33 bits per heavy atom. The van der Waals surface area contributed by atoms with E-state index in [4.69, 9.17) is 5.11 Å². The number of aliphatic hydroxyl groups excluding tert-OH is 1. The van der Waals surface area contributed by atoms with Crippen LogP contribution < -0.4 is 0 Å². The fourth-order valence-corrected chi connectivity index (χ4v) is 1.60. The van der Waals surface area contributed by atoms with Crippen molar-refractivity contribution in [2.45, 2.75) is 52.4 Å². The van der Waals surface area contributed by atoms with Gasteiger partial charge in [0.1, 0.15) is 11.7 Å². The quantitative estimate of drug-likeness (QED) is 0.889. The molecule has 1 aromatic rings. The molecule has 0 spiro atoms. The van der Waals surface area contributed by atoms with E-state index in [1.165, 1.54) is 0 Å². The maximum absolute atomic E-state index is 12.7. The second kappa shape index (κ2) is 5.69. The molecule has 104 valence electrons. The maximum atomic E-state index is 12.7. The Balaban J connectivity index is 3.01. The molecule has 1 unspecified atom stereocenters. The number of hydrogen-bond acceptors (Lipinski definition) is 3. The lowest BCUT2D eigenvalue weighted by molar-refractivity contribution is -0.166. The van der Waals surface area contributed by atoms with Crippen LogP contribution in [0.2, 0.25) is 0 Å². The van der Waals surface area contributed by atoms with Crippen molar-refractivity contribution in [2.75, 3.05) is 0 Å². The molecule has 0 radical (unpaired) electrons. The molecule has 0 aliphatic carbocycles. The predicted molar refractivity (Wildman–Crippen MR) is 59.9 cm³/mol. The lowest BCUT2D eigenvalue weighted by Crippen LogP contribution is -2.26. The SMILES string of the molecule is CC(C)CCc1c(CO)nnn1C(C)C(F)(F)F. The minimum atomic E-state index is -4.37. The van der Waals surface area contributed by atoms with E-state index in [9.17, 15) is 13.2 Å². The summed E-state index contributed by atoms with van der Waals surface area (Å²) in [5, 5.41) is 16.2. The minimum Gasteiger partial charge on any atom is -0.390 e. The predicted octanol–water partition coefficient (Wildman–Crippen LogP) is 2.48. The van der Waals surface area contributed by atoms with Crippen LogP contribution in [0.5, 0.6) is 0 Å². The van der Waals surface area contributed by atoms with Crippen molar-refractivity contribution in [1.82, 2.24) is 15.0 Å². The number of halogens is 3. The summed E-state index contributed by atoms with van der Waals surface area (Å²) in [7, 11) is 0. The van der Waals surface area contributed by atoms with Gasteiger partial charge in [-0.2, -0.15) is 13.2 Å². The Morgan fingerprint density at radius 1 is 1.28 bits per heavy atom. The van der Waals surface area contributed by atoms with Gasteiger partial charge in [0.05, 0.1) is 12.3 Å². The van der Waals surface area contributed by atoms with E-state index in [2.05, 4.69) is 10.3 Å². The van der Waals surface area contributed by atoms with Crippen molar-refractivity contribution in [1.29, 1.82) is 0 Å². The molecular weight excluding hydrogens is 247 g/mol. The van der Waals surface area contributed by atoms with Gasteiger partial charge >= 0.3 is 6.18 Å². The van der Waals surface area contributed by atoms with Gasteiger partial charge in [0.2, 0.25) is 0 Å². The number of nitrogens with zero attached hydrogens (tertiary/aromatic N) is 3. The molecule has 0 aliphatic heterocycles. The van der Waals surface area contributed by atoms with Crippen LogP contribution in [0.3, 0.4) is 0 Å². The van der Waals surface area contributed by atoms with Crippen LogP contribution in [-0.2, 0) is 13.0 Å². The van der Waals surface area contributed by atoms with E-state index in [-0.39, 0.29) is 5.69 Å². The van der Waals surface area contributed by atoms with Gasteiger partial charge in [-0.15, -0.1) is 5.10 Å². The zero-order valence-electron chi connectivity index (χ0n) is 10.7. The summed E-state index contributed by atoms with van der Waals surface area (Å²) in [5.74, 6) is 0.362. The molecule has 1 N–H and O–H groups in total. The van der Waals surface area contributed by atoms with Crippen LogP contribution in [-0.4, -0.2) is 26.3 Å². The van der Waals surface area contributed by atoms with Crippen LogP contribution >= 0.6 is 0 Å². The zero-order valence-corrected chi connectivity index (χ0v) is 10.7. The first-order valence-corrected chi connectivity index (χ1v) is 5.87. The van der Waals surface area contributed by atoms with Crippen LogP contribution in [0.15, 0.2) is 0 Å². The highest BCUT2D eigenvalue weighted by molar-refractivity contribution is 5.10. The average Bonchev–Trinajstić information content (AvgIpc) is 2.66. The Hall–Kier alpha value is -1.11. The van der Waals surface area contributed by atoms with Crippen molar-refractivity contribution in [2.24, 2.45) is 5.92 Å². The van der Waals surface area contributed by atoms with Gasteiger partial charge in [-0.25, -0.2) is 4.68 Å². The van der Waals surface area contributed by atoms with E-state index in [0.29, 0.717) is 18.0 Å². The normalized spacial score (nSPS) is 14.2. The molecule has 4 nitrogen and oxygen atoms in total. The summed E-state index contributed by atoms with van der Waals surface area (Å²) in [4.78, 5) is 0. The van der Waals surface area contributed by atoms with E-state index >= 15 is 0 Å². The van der Waals surface area contributed by atoms with Crippen molar-refractivity contribution in [3.05, 3.63) is 11.4 Å². The van der Waals surface area contributed by atoms with Gasteiger partial charge in [-0.3, -0.25) is 0 Å². The third-order valence-electron chi connectivity index (χ3n) is 2.82. The molecule has 1 aromatic heterocycles. The van der Waals surface area contributed by atoms with Crippen LogP contribution in [0.25, 0.3) is 0 Å². The van der Waals surface area contributed by atoms with E-state index < -0.39 is 18.8 Å². The number of aromatic nitrogens is 3. The highest BCUT2D eigenvalue weighted by Gasteiger charge is 2.39. The second-order valence-corrected chi connectivity index (χ2v) is 4.74. The molecule has 0 fully saturated rings. The molecule has 0 saturated carbocycles. The van der Waals surface area contributed by atoms with Gasteiger partial charge in [-0.1, -0.05) is 19.1 Å². The van der Waals surface area contributed by atoms with E-state index in [1.807, 2.05) is 13.8 Å². The molecule has 0 aliphatic rings.